The van der Waals surface area contributed by atoms with Crippen molar-refractivity contribution in [1.29, 1.82) is 0 Å². The third kappa shape index (κ3) is 4.04. The van der Waals surface area contributed by atoms with Crippen LogP contribution in [0.2, 0.25) is 0 Å². The first kappa shape index (κ1) is 20.0. The second kappa shape index (κ2) is 8.23. The number of aromatic amines is 1. The first-order valence-electron chi connectivity index (χ1n) is 10.2. The molecule has 0 unspecified atom stereocenters. The molecule has 30 heavy (non-hydrogen) atoms. The number of piperazine rings is 1. The first-order valence-corrected chi connectivity index (χ1v) is 10.2. The van der Waals surface area contributed by atoms with Gasteiger partial charge in [0.15, 0.2) is 0 Å². The molecule has 8 heteroatoms. The van der Waals surface area contributed by atoms with E-state index >= 15 is 0 Å². The summed E-state index contributed by atoms with van der Waals surface area (Å²) in [5.74, 6) is -0.501. The molecule has 3 aromatic heterocycles. The molecule has 1 aliphatic rings. The van der Waals surface area contributed by atoms with Gasteiger partial charge >= 0.3 is 0 Å². The summed E-state index contributed by atoms with van der Waals surface area (Å²) in [7, 11) is 0. The van der Waals surface area contributed by atoms with Gasteiger partial charge in [-0.1, -0.05) is 6.92 Å². The Morgan fingerprint density at radius 2 is 1.90 bits per heavy atom. The van der Waals surface area contributed by atoms with E-state index < -0.39 is 5.91 Å². The summed E-state index contributed by atoms with van der Waals surface area (Å²) < 4.78 is 0. The maximum Gasteiger partial charge on any atom is 0.267 e. The number of nitrogens with one attached hydrogen (secondary N) is 1. The summed E-state index contributed by atoms with van der Waals surface area (Å²) in [6.07, 6.45) is 4.26. The van der Waals surface area contributed by atoms with Crippen molar-refractivity contribution in [2.45, 2.75) is 26.8 Å². The van der Waals surface area contributed by atoms with Crippen LogP contribution in [0.4, 0.5) is 5.69 Å². The molecule has 3 aromatic rings. The molecule has 0 aliphatic carbocycles. The van der Waals surface area contributed by atoms with Crippen molar-refractivity contribution in [1.82, 2.24) is 19.9 Å². The molecule has 1 amide bonds. The van der Waals surface area contributed by atoms with E-state index in [1.54, 1.807) is 6.20 Å². The van der Waals surface area contributed by atoms with Crippen molar-refractivity contribution in [2.24, 2.45) is 5.73 Å². The molecule has 0 radical (unpaired) electrons. The fourth-order valence-electron chi connectivity index (χ4n) is 3.92. The van der Waals surface area contributed by atoms with Gasteiger partial charge in [-0.05, 0) is 37.1 Å². The second-order valence-electron chi connectivity index (χ2n) is 7.73. The van der Waals surface area contributed by atoms with E-state index in [0.717, 1.165) is 66.1 Å². The summed E-state index contributed by atoms with van der Waals surface area (Å²) in [4.78, 5) is 39.9. The quantitative estimate of drug-likeness (QED) is 0.666. The number of fused-ring (bicyclic) bond motifs is 1. The molecule has 3 N–H and O–H groups in total. The number of carbonyl (C=O) groups excluding carboxylic acids is 1. The van der Waals surface area contributed by atoms with Crippen molar-refractivity contribution in [3.05, 3.63) is 63.5 Å². The highest BCUT2D eigenvalue weighted by atomic mass is 16.1. The number of nitrogens with two attached hydrogens (primary N) is 1. The van der Waals surface area contributed by atoms with Gasteiger partial charge in [-0.2, -0.15) is 0 Å². The van der Waals surface area contributed by atoms with Crippen LogP contribution in [0.1, 0.15) is 34.2 Å². The van der Waals surface area contributed by atoms with Crippen molar-refractivity contribution >= 4 is 22.5 Å². The number of hydrogen-bond donors (Lipinski definition) is 2. The predicted octanol–water partition coefficient (Wildman–Crippen LogP) is 1.61. The van der Waals surface area contributed by atoms with Crippen molar-refractivity contribution < 1.29 is 4.79 Å². The molecular formula is C22H26N6O2. The van der Waals surface area contributed by atoms with Crippen LogP contribution in [0.5, 0.6) is 0 Å². The predicted molar refractivity (Wildman–Crippen MR) is 117 cm³/mol. The average Bonchev–Trinajstić information content (AvgIpc) is 2.73. The van der Waals surface area contributed by atoms with Crippen LogP contribution in [0.25, 0.3) is 10.9 Å². The van der Waals surface area contributed by atoms with Crippen LogP contribution in [0, 0.1) is 6.92 Å². The van der Waals surface area contributed by atoms with Crippen LogP contribution < -0.4 is 16.2 Å². The van der Waals surface area contributed by atoms with E-state index in [1.165, 1.54) is 0 Å². The van der Waals surface area contributed by atoms with Crippen LogP contribution >= 0.6 is 0 Å². The maximum absolute atomic E-state index is 12.1. The van der Waals surface area contributed by atoms with E-state index in [1.807, 2.05) is 38.2 Å². The smallest absolute Gasteiger partial charge is 0.267 e. The lowest BCUT2D eigenvalue weighted by Crippen LogP contribution is -2.46. The van der Waals surface area contributed by atoms with Crippen LogP contribution in [0.15, 0.2) is 35.4 Å². The van der Waals surface area contributed by atoms with E-state index in [2.05, 4.69) is 24.8 Å². The van der Waals surface area contributed by atoms with Gasteiger partial charge in [0.25, 0.3) is 11.5 Å². The van der Waals surface area contributed by atoms with Crippen LogP contribution in [-0.4, -0.2) is 51.9 Å². The lowest BCUT2D eigenvalue weighted by atomic mass is 10.1. The molecule has 0 bridgehead atoms. The summed E-state index contributed by atoms with van der Waals surface area (Å²) in [6.45, 7) is 8.07. The number of H-pyrrole nitrogens is 1. The van der Waals surface area contributed by atoms with Gasteiger partial charge in [0, 0.05) is 49.9 Å². The largest absolute Gasteiger partial charge is 0.368 e. The Bertz CT molecular complexity index is 1150. The van der Waals surface area contributed by atoms with Gasteiger partial charge in [0.2, 0.25) is 0 Å². The highest BCUT2D eigenvalue weighted by Gasteiger charge is 2.19. The Morgan fingerprint density at radius 1 is 1.13 bits per heavy atom. The minimum Gasteiger partial charge on any atom is -0.368 e. The lowest BCUT2D eigenvalue weighted by molar-refractivity contribution is 0.0995. The zero-order chi connectivity index (χ0) is 21.3. The molecule has 0 atom stereocenters. The van der Waals surface area contributed by atoms with Crippen molar-refractivity contribution in [3.63, 3.8) is 0 Å². The fraction of sp³-hybridized carbons (Fsp3) is 0.364. The topological polar surface area (TPSA) is 108 Å². The molecule has 0 spiro atoms. The van der Waals surface area contributed by atoms with Crippen molar-refractivity contribution in [2.75, 3.05) is 31.1 Å². The number of primary amides is 1. The zero-order valence-electron chi connectivity index (χ0n) is 17.3. The molecule has 1 fully saturated rings. The number of hydrogen-bond acceptors (Lipinski definition) is 6. The Morgan fingerprint density at radius 3 is 2.57 bits per heavy atom. The summed E-state index contributed by atoms with van der Waals surface area (Å²) in [5.41, 5.74) is 9.99. The number of rotatable bonds is 5. The number of pyridine rings is 3. The Balaban J connectivity index is 1.42. The van der Waals surface area contributed by atoms with Gasteiger partial charge in [-0.25, -0.2) is 4.98 Å². The highest BCUT2D eigenvalue weighted by Crippen LogP contribution is 2.20. The Labute approximate surface area is 174 Å². The van der Waals surface area contributed by atoms with Gasteiger partial charge in [0.1, 0.15) is 5.69 Å². The lowest BCUT2D eigenvalue weighted by Gasteiger charge is -2.36. The number of carbonyl (C=O) groups is 1. The van der Waals surface area contributed by atoms with Gasteiger partial charge in [-0.15, -0.1) is 0 Å². The summed E-state index contributed by atoms with van der Waals surface area (Å²) in [6, 6.07) is 5.86. The van der Waals surface area contributed by atoms with Gasteiger partial charge in [0.05, 0.1) is 23.1 Å². The highest BCUT2D eigenvalue weighted by molar-refractivity contribution is 5.92. The number of aromatic nitrogens is 3. The molecule has 4 rings (SSSR count). The number of nitrogens with zero attached hydrogens (tertiary/aromatic N) is 4. The summed E-state index contributed by atoms with van der Waals surface area (Å²) >= 11 is 0. The fourth-order valence-corrected chi connectivity index (χ4v) is 3.92. The Kier molecular flexibility index (Phi) is 5.50. The minimum atomic E-state index is -0.501. The SMILES string of the molecule is CCc1cc2cnc(CN3CCN(c4cnc(C(N)=O)c(C)c4)CC3)cc2[nH]c1=O. The maximum atomic E-state index is 12.1. The molecule has 1 aliphatic heterocycles. The molecule has 0 saturated carbocycles. The minimum absolute atomic E-state index is 0.0259. The standard InChI is InChI=1S/C22H26N6O2/c1-3-15-9-16-11-24-17(10-19(16)26-22(15)30)13-27-4-6-28(7-5-27)18-8-14(2)20(21(23)29)25-12-18/h8-12H,3-7,13H2,1-2H3,(H2,23,29)(H,26,30). The third-order valence-corrected chi connectivity index (χ3v) is 5.66. The summed E-state index contributed by atoms with van der Waals surface area (Å²) in [5, 5.41) is 0.960. The Hall–Kier alpha value is -3.26. The number of amides is 1. The number of aryl methyl sites for hydroxylation is 2. The monoisotopic (exact) mass is 406 g/mol. The van der Waals surface area contributed by atoms with E-state index in [4.69, 9.17) is 5.73 Å². The zero-order valence-corrected chi connectivity index (χ0v) is 17.3. The molecule has 0 aromatic carbocycles. The number of anilines is 1. The second-order valence-corrected chi connectivity index (χ2v) is 7.73. The van der Waals surface area contributed by atoms with Crippen LogP contribution in [-0.2, 0) is 13.0 Å². The van der Waals surface area contributed by atoms with Crippen molar-refractivity contribution in [3.8, 4) is 0 Å². The molecule has 8 nitrogen and oxygen atoms in total. The third-order valence-electron chi connectivity index (χ3n) is 5.66. The van der Waals surface area contributed by atoms with E-state index in [9.17, 15) is 9.59 Å². The average molecular weight is 406 g/mol. The van der Waals surface area contributed by atoms with Gasteiger partial charge < -0.3 is 15.6 Å². The van der Waals surface area contributed by atoms with Crippen LogP contribution in [0.3, 0.4) is 0 Å². The van der Waals surface area contributed by atoms with E-state index in [0.29, 0.717) is 12.1 Å². The van der Waals surface area contributed by atoms with E-state index in [-0.39, 0.29) is 5.56 Å². The normalized spacial score (nSPS) is 14.9. The van der Waals surface area contributed by atoms with Gasteiger partial charge in [-0.3, -0.25) is 19.5 Å². The molecule has 1 saturated heterocycles. The molecule has 156 valence electrons. The molecule has 4 heterocycles. The first-order chi connectivity index (χ1) is 14.4. The molecular weight excluding hydrogens is 380 g/mol.